The van der Waals surface area contributed by atoms with Crippen LogP contribution in [-0.2, 0) is 10.1 Å². The molecule has 1 N–H and O–H groups in total. The molecule has 0 fully saturated rings. The van der Waals surface area contributed by atoms with Crippen molar-refractivity contribution in [3.05, 3.63) is 0 Å². The standard InChI is InChI=1S/C13H2F26O3S/c14-1(3(17,18)19)2(15,16)4(20,21)5(22,23)6(24,25)7(26,27)8(28,29)9(30,31)10(32,33)11(34,35)12(36,37)13(38,39)43(40,41)42/h1H,(H,40,41,42). The van der Waals surface area contributed by atoms with Crippen LogP contribution in [0.2, 0.25) is 0 Å². The molecule has 0 bridgehead atoms. The van der Waals surface area contributed by atoms with E-state index in [1.165, 1.54) is 0 Å². The predicted molar refractivity (Wildman–Crippen MR) is 76.9 cm³/mol. The molecule has 0 aliphatic heterocycles. The average molecular weight is 732 g/mol. The molecule has 0 spiro atoms. The predicted octanol–water partition coefficient (Wildman–Crippen LogP) is 7.72. The first-order valence-electron chi connectivity index (χ1n) is 8.74. The first-order valence-corrected chi connectivity index (χ1v) is 10.2. The fraction of sp³-hybridized carbons (Fsp3) is 1.00. The van der Waals surface area contributed by atoms with Gasteiger partial charge in [0.05, 0.1) is 0 Å². The Hall–Kier alpha value is -1.91. The molecule has 1 unspecified atom stereocenters. The lowest BCUT2D eigenvalue weighted by molar-refractivity contribution is -0.475. The van der Waals surface area contributed by atoms with Gasteiger partial charge in [-0.05, 0) is 0 Å². The van der Waals surface area contributed by atoms with Crippen molar-refractivity contribution in [2.75, 3.05) is 0 Å². The highest BCUT2D eigenvalue weighted by molar-refractivity contribution is 7.87. The third kappa shape index (κ3) is 4.89. The van der Waals surface area contributed by atoms with Gasteiger partial charge in [0.25, 0.3) is 6.17 Å². The van der Waals surface area contributed by atoms with Crippen LogP contribution >= 0.6 is 0 Å². The van der Waals surface area contributed by atoms with Crippen molar-refractivity contribution >= 4 is 10.1 Å². The van der Waals surface area contributed by atoms with Gasteiger partial charge < -0.3 is 0 Å². The van der Waals surface area contributed by atoms with Gasteiger partial charge in [-0.15, -0.1) is 0 Å². The smallest absolute Gasteiger partial charge is 0.281 e. The van der Waals surface area contributed by atoms with Crippen molar-refractivity contribution in [2.45, 2.75) is 76.8 Å². The van der Waals surface area contributed by atoms with Gasteiger partial charge in [0.1, 0.15) is 0 Å². The molecule has 0 rings (SSSR count). The Morgan fingerprint density at radius 3 is 0.744 bits per heavy atom. The monoisotopic (exact) mass is 732 g/mol. The summed E-state index contributed by atoms with van der Waals surface area (Å²) in [6.07, 6.45) is -14.4. The minimum atomic E-state index is -9.80. The maximum absolute atomic E-state index is 13.6. The van der Waals surface area contributed by atoms with Crippen LogP contribution in [-0.4, -0.2) is 89.8 Å². The van der Waals surface area contributed by atoms with E-state index in [9.17, 15) is 123 Å². The van der Waals surface area contributed by atoms with Gasteiger partial charge in [-0.3, -0.25) is 4.55 Å². The Morgan fingerprint density at radius 1 is 0.372 bits per heavy atom. The molecule has 0 aromatic carbocycles. The van der Waals surface area contributed by atoms with Crippen molar-refractivity contribution in [3.63, 3.8) is 0 Å². The van der Waals surface area contributed by atoms with Gasteiger partial charge in [0.2, 0.25) is 0 Å². The largest absolute Gasteiger partial charge is 0.438 e. The highest BCUT2D eigenvalue weighted by atomic mass is 32.2. The van der Waals surface area contributed by atoms with Gasteiger partial charge in [-0.1, -0.05) is 0 Å². The molecule has 0 saturated carbocycles. The second kappa shape index (κ2) is 9.79. The van der Waals surface area contributed by atoms with Crippen LogP contribution in [0, 0.1) is 0 Å². The third-order valence-corrected chi connectivity index (χ3v) is 5.77. The van der Waals surface area contributed by atoms with Crippen LogP contribution in [0.25, 0.3) is 0 Å². The van der Waals surface area contributed by atoms with Crippen molar-refractivity contribution in [1.82, 2.24) is 0 Å². The molecule has 0 aromatic heterocycles. The summed E-state index contributed by atoms with van der Waals surface area (Å²) in [5.74, 6) is -94.0. The van der Waals surface area contributed by atoms with Crippen molar-refractivity contribution < 1.29 is 127 Å². The fourth-order valence-corrected chi connectivity index (χ4v) is 2.75. The third-order valence-electron chi connectivity index (χ3n) is 4.87. The SMILES string of the molecule is O=S(=O)(O)C(F)(F)C(F)(F)C(F)(F)C(F)(F)C(F)(F)C(F)(F)C(F)(F)C(F)(F)C(F)(F)C(F)(F)C(F)(F)C(F)C(F)(F)F. The van der Waals surface area contributed by atoms with E-state index in [1.54, 1.807) is 0 Å². The Bertz CT molecular complexity index is 1150. The quantitative estimate of drug-likeness (QED) is 0.165. The van der Waals surface area contributed by atoms with Crippen LogP contribution in [0.4, 0.5) is 114 Å². The van der Waals surface area contributed by atoms with Crippen molar-refractivity contribution in [1.29, 1.82) is 0 Å². The lowest BCUT2D eigenvalue weighted by Crippen LogP contribution is -2.78. The first-order chi connectivity index (χ1) is 17.9. The van der Waals surface area contributed by atoms with Crippen LogP contribution in [0.5, 0.6) is 0 Å². The van der Waals surface area contributed by atoms with Crippen LogP contribution in [0.1, 0.15) is 0 Å². The van der Waals surface area contributed by atoms with Gasteiger partial charge in [0, 0.05) is 0 Å². The van der Waals surface area contributed by atoms with E-state index in [2.05, 4.69) is 0 Å². The topological polar surface area (TPSA) is 54.4 Å². The van der Waals surface area contributed by atoms with E-state index < -0.39 is 86.9 Å². The maximum atomic E-state index is 13.6. The summed E-state index contributed by atoms with van der Waals surface area (Å²) in [7, 11) is -8.26. The molecule has 0 saturated heterocycles. The number of alkyl halides is 26. The average Bonchev–Trinajstić information content (AvgIpc) is 2.75. The van der Waals surface area contributed by atoms with E-state index >= 15 is 0 Å². The molecular weight excluding hydrogens is 730 g/mol. The number of rotatable bonds is 12. The number of hydrogen-bond acceptors (Lipinski definition) is 2. The molecule has 0 amide bonds. The molecule has 0 aliphatic rings. The van der Waals surface area contributed by atoms with E-state index in [-0.39, 0.29) is 0 Å². The highest BCUT2D eigenvalue weighted by Gasteiger charge is 2.99. The summed E-state index contributed by atoms with van der Waals surface area (Å²) in [6, 6.07) is 0. The molecule has 3 nitrogen and oxygen atoms in total. The zero-order valence-electron chi connectivity index (χ0n) is 18.1. The lowest BCUT2D eigenvalue weighted by Gasteiger charge is -2.45. The van der Waals surface area contributed by atoms with Crippen LogP contribution < -0.4 is 0 Å². The zero-order chi connectivity index (χ0) is 36.1. The van der Waals surface area contributed by atoms with Crippen molar-refractivity contribution in [3.8, 4) is 0 Å². The molecule has 43 heavy (non-hydrogen) atoms. The van der Waals surface area contributed by atoms with Gasteiger partial charge >= 0.3 is 80.8 Å². The Kier molecular flexibility index (Phi) is 9.36. The highest BCUT2D eigenvalue weighted by Crippen LogP contribution is 2.67. The lowest BCUT2D eigenvalue weighted by atomic mass is 9.85. The Balaban J connectivity index is 7.46. The minimum absolute atomic E-state index is 6.85. The van der Waals surface area contributed by atoms with E-state index in [0.717, 1.165) is 0 Å². The molecule has 0 radical (unpaired) electrons. The van der Waals surface area contributed by atoms with Gasteiger partial charge in [-0.25, -0.2) is 4.39 Å². The summed E-state index contributed by atoms with van der Waals surface area (Å²) in [5, 5.41) is -8.24. The zero-order valence-corrected chi connectivity index (χ0v) is 18.9. The summed E-state index contributed by atoms with van der Waals surface area (Å²) in [4.78, 5) is 0. The maximum Gasteiger partial charge on any atom is 0.438 e. The summed E-state index contributed by atoms with van der Waals surface area (Å²) in [5.41, 5.74) is 0. The van der Waals surface area contributed by atoms with Gasteiger partial charge in [0.15, 0.2) is 0 Å². The minimum Gasteiger partial charge on any atom is -0.281 e. The van der Waals surface area contributed by atoms with Crippen LogP contribution in [0.3, 0.4) is 0 Å². The second-order valence-corrected chi connectivity index (χ2v) is 9.15. The van der Waals surface area contributed by atoms with Crippen molar-refractivity contribution in [2.24, 2.45) is 0 Å². The number of hydrogen-bond donors (Lipinski definition) is 1. The van der Waals surface area contributed by atoms with E-state index in [1.807, 2.05) is 0 Å². The second-order valence-electron chi connectivity index (χ2n) is 7.69. The molecule has 0 aliphatic carbocycles. The summed E-state index contributed by atoms with van der Waals surface area (Å²) in [6.45, 7) is 0. The first kappa shape index (κ1) is 41.1. The van der Waals surface area contributed by atoms with Crippen LogP contribution in [0.15, 0.2) is 0 Å². The summed E-state index contributed by atoms with van der Waals surface area (Å²) >= 11 is 0. The Labute approximate surface area is 215 Å². The van der Waals surface area contributed by atoms with E-state index in [0.29, 0.717) is 0 Å². The molecule has 0 heterocycles. The van der Waals surface area contributed by atoms with Gasteiger partial charge in [-0.2, -0.15) is 118 Å². The molecular formula is C13H2F26O3S. The molecule has 0 aromatic rings. The molecule has 30 heteroatoms. The summed E-state index contributed by atoms with van der Waals surface area (Å²) < 4.78 is 370. The fourth-order valence-electron chi connectivity index (χ4n) is 2.30. The van der Waals surface area contributed by atoms with E-state index in [4.69, 9.17) is 4.55 Å². The Morgan fingerprint density at radius 2 is 0.558 bits per heavy atom. The molecule has 260 valence electrons. The normalized spacial score (nSPS) is 17.7. The number of halogens is 26. The molecule has 1 atom stereocenters.